The Bertz CT molecular complexity index is 331. The standard InChI is InChI=1S/C18H37N3O2/c1-5-19-13-14-20(6-2)16-18(15-19,21(7-3)8-4)12-10-9-11-17(22)23/h5-16H2,1-4H3,(H,22,23). The van der Waals surface area contributed by atoms with Crippen LogP contribution in [0.3, 0.4) is 0 Å². The van der Waals surface area contributed by atoms with Crippen molar-refractivity contribution in [3.63, 3.8) is 0 Å². The lowest BCUT2D eigenvalue weighted by Crippen LogP contribution is -2.59. The number of hydrogen-bond donors (Lipinski definition) is 1. The van der Waals surface area contributed by atoms with Crippen LogP contribution in [0.25, 0.3) is 0 Å². The van der Waals surface area contributed by atoms with Gasteiger partial charge in [0.25, 0.3) is 0 Å². The Morgan fingerprint density at radius 1 is 1.00 bits per heavy atom. The molecule has 0 aromatic carbocycles. The van der Waals surface area contributed by atoms with E-state index in [1.807, 2.05) is 0 Å². The molecule has 0 saturated carbocycles. The van der Waals surface area contributed by atoms with Crippen LogP contribution in [0.1, 0.15) is 53.4 Å². The lowest BCUT2D eigenvalue weighted by Gasteiger charge is -2.46. The zero-order valence-electron chi connectivity index (χ0n) is 15.7. The molecule has 1 aliphatic heterocycles. The predicted molar refractivity (Wildman–Crippen MR) is 96.0 cm³/mol. The van der Waals surface area contributed by atoms with Gasteiger partial charge < -0.3 is 14.9 Å². The first-order chi connectivity index (χ1) is 11.0. The van der Waals surface area contributed by atoms with Crippen LogP contribution in [-0.2, 0) is 4.79 Å². The van der Waals surface area contributed by atoms with Gasteiger partial charge in [-0.2, -0.15) is 0 Å². The van der Waals surface area contributed by atoms with Crippen LogP contribution in [0.4, 0.5) is 0 Å². The van der Waals surface area contributed by atoms with Crippen molar-refractivity contribution >= 4 is 5.97 Å². The van der Waals surface area contributed by atoms with Crippen molar-refractivity contribution in [1.82, 2.24) is 14.7 Å². The van der Waals surface area contributed by atoms with Crippen molar-refractivity contribution in [1.29, 1.82) is 0 Å². The molecule has 0 unspecified atom stereocenters. The molecule has 5 nitrogen and oxygen atoms in total. The second-order valence-corrected chi connectivity index (χ2v) is 6.74. The number of aliphatic carboxylic acids is 1. The maximum Gasteiger partial charge on any atom is 0.303 e. The van der Waals surface area contributed by atoms with Crippen LogP contribution < -0.4 is 0 Å². The van der Waals surface area contributed by atoms with Gasteiger partial charge in [-0.3, -0.25) is 9.69 Å². The highest BCUT2D eigenvalue weighted by Gasteiger charge is 2.39. The van der Waals surface area contributed by atoms with Crippen LogP contribution in [-0.4, -0.2) is 83.7 Å². The largest absolute Gasteiger partial charge is 0.481 e. The minimum Gasteiger partial charge on any atom is -0.481 e. The van der Waals surface area contributed by atoms with Crippen molar-refractivity contribution in [3.8, 4) is 0 Å². The van der Waals surface area contributed by atoms with E-state index >= 15 is 0 Å². The first-order valence-electron chi connectivity index (χ1n) is 9.42. The molecule has 0 spiro atoms. The fourth-order valence-corrected chi connectivity index (χ4v) is 4.00. The normalized spacial score (nSPS) is 19.9. The van der Waals surface area contributed by atoms with E-state index in [0.29, 0.717) is 6.42 Å². The Labute approximate surface area is 142 Å². The number of hydrogen-bond acceptors (Lipinski definition) is 4. The summed E-state index contributed by atoms with van der Waals surface area (Å²) in [5.41, 5.74) is 0.157. The number of carboxylic acids is 1. The molecule has 0 aromatic rings. The SMILES string of the molecule is CCN1CCN(CC)CC(CCCCC(=O)O)(N(CC)CC)C1. The number of carboxylic acid groups (broad SMARTS) is 1. The average molecular weight is 328 g/mol. The van der Waals surface area contributed by atoms with E-state index < -0.39 is 5.97 Å². The van der Waals surface area contributed by atoms with Gasteiger partial charge in [0, 0.05) is 38.1 Å². The van der Waals surface area contributed by atoms with E-state index in [1.54, 1.807) is 0 Å². The van der Waals surface area contributed by atoms with Crippen molar-refractivity contribution in [2.75, 3.05) is 52.4 Å². The molecule has 0 aromatic heterocycles. The first-order valence-corrected chi connectivity index (χ1v) is 9.42. The van der Waals surface area contributed by atoms with Gasteiger partial charge in [-0.1, -0.05) is 34.1 Å². The predicted octanol–water partition coefficient (Wildman–Crippen LogP) is 2.37. The summed E-state index contributed by atoms with van der Waals surface area (Å²) < 4.78 is 0. The maximum absolute atomic E-state index is 10.8. The first kappa shape index (κ1) is 20.4. The summed E-state index contributed by atoms with van der Waals surface area (Å²) in [6, 6.07) is 0. The summed E-state index contributed by atoms with van der Waals surface area (Å²) >= 11 is 0. The van der Waals surface area contributed by atoms with Crippen molar-refractivity contribution < 1.29 is 9.90 Å². The Morgan fingerprint density at radius 3 is 1.91 bits per heavy atom. The van der Waals surface area contributed by atoms with Crippen LogP contribution in [0.5, 0.6) is 0 Å². The van der Waals surface area contributed by atoms with Crippen molar-refractivity contribution in [2.45, 2.75) is 58.9 Å². The molecular formula is C18H37N3O2. The average Bonchev–Trinajstić information content (AvgIpc) is 2.72. The van der Waals surface area contributed by atoms with Gasteiger partial charge in [0.15, 0.2) is 0 Å². The second-order valence-electron chi connectivity index (χ2n) is 6.74. The van der Waals surface area contributed by atoms with Crippen LogP contribution in [0.2, 0.25) is 0 Å². The molecule has 0 radical (unpaired) electrons. The Balaban J connectivity index is 2.91. The molecule has 1 saturated heterocycles. The summed E-state index contributed by atoms with van der Waals surface area (Å²) in [6.45, 7) is 17.8. The van der Waals surface area contributed by atoms with Gasteiger partial charge in [0.2, 0.25) is 0 Å². The third-order valence-electron chi connectivity index (χ3n) is 5.38. The van der Waals surface area contributed by atoms with E-state index in [2.05, 4.69) is 42.4 Å². The number of nitrogens with zero attached hydrogens (tertiary/aromatic N) is 3. The van der Waals surface area contributed by atoms with Gasteiger partial charge in [-0.15, -0.1) is 0 Å². The molecular weight excluding hydrogens is 290 g/mol. The highest BCUT2D eigenvalue weighted by molar-refractivity contribution is 5.66. The smallest absolute Gasteiger partial charge is 0.303 e. The van der Waals surface area contributed by atoms with E-state index in [-0.39, 0.29) is 5.54 Å². The molecule has 0 amide bonds. The molecule has 1 rings (SSSR count). The van der Waals surface area contributed by atoms with Gasteiger partial charge in [-0.25, -0.2) is 0 Å². The van der Waals surface area contributed by atoms with Crippen LogP contribution in [0, 0.1) is 0 Å². The lowest BCUT2D eigenvalue weighted by atomic mass is 9.88. The Morgan fingerprint density at radius 2 is 1.52 bits per heavy atom. The minimum absolute atomic E-state index is 0.157. The summed E-state index contributed by atoms with van der Waals surface area (Å²) in [6.07, 6.45) is 3.17. The second kappa shape index (κ2) is 10.3. The van der Waals surface area contributed by atoms with E-state index in [9.17, 15) is 4.79 Å². The summed E-state index contributed by atoms with van der Waals surface area (Å²) in [7, 11) is 0. The highest BCUT2D eigenvalue weighted by atomic mass is 16.4. The highest BCUT2D eigenvalue weighted by Crippen LogP contribution is 2.28. The zero-order chi connectivity index (χ0) is 17.3. The van der Waals surface area contributed by atoms with Crippen LogP contribution in [0.15, 0.2) is 0 Å². The van der Waals surface area contributed by atoms with Crippen molar-refractivity contribution in [3.05, 3.63) is 0 Å². The van der Waals surface area contributed by atoms with E-state index in [4.69, 9.17) is 5.11 Å². The molecule has 1 N–H and O–H groups in total. The molecule has 5 heteroatoms. The van der Waals surface area contributed by atoms with Crippen molar-refractivity contribution in [2.24, 2.45) is 0 Å². The summed E-state index contributed by atoms with van der Waals surface area (Å²) in [4.78, 5) is 18.6. The fourth-order valence-electron chi connectivity index (χ4n) is 4.00. The van der Waals surface area contributed by atoms with Gasteiger partial charge >= 0.3 is 5.97 Å². The van der Waals surface area contributed by atoms with E-state index in [0.717, 1.165) is 71.6 Å². The molecule has 1 aliphatic rings. The molecule has 0 aliphatic carbocycles. The molecule has 23 heavy (non-hydrogen) atoms. The topological polar surface area (TPSA) is 47.0 Å². The third kappa shape index (κ3) is 6.05. The molecule has 0 bridgehead atoms. The van der Waals surface area contributed by atoms with Gasteiger partial charge in [0.1, 0.15) is 0 Å². The Kier molecular flexibility index (Phi) is 9.10. The van der Waals surface area contributed by atoms with Gasteiger partial charge in [-0.05, 0) is 39.0 Å². The minimum atomic E-state index is -0.673. The Hall–Kier alpha value is -0.650. The molecule has 1 fully saturated rings. The van der Waals surface area contributed by atoms with Crippen LogP contribution >= 0.6 is 0 Å². The third-order valence-corrected chi connectivity index (χ3v) is 5.38. The zero-order valence-corrected chi connectivity index (χ0v) is 15.7. The van der Waals surface area contributed by atoms with Gasteiger partial charge in [0.05, 0.1) is 0 Å². The molecule has 136 valence electrons. The maximum atomic E-state index is 10.8. The quantitative estimate of drug-likeness (QED) is 0.624. The number of rotatable bonds is 10. The molecule has 1 heterocycles. The monoisotopic (exact) mass is 327 g/mol. The summed E-state index contributed by atoms with van der Waals surface area (Å²) in [5, 5.41) is 8.89. The number of unbranched alkanes of at least 4 members (excludes halogenated alkanes) is 1. The fraction of sp³-hybridized carbons (Fsp3) is 0.944. The van der Waals surface area contributed by atoms with E-state index in [1.165, 1.54) is 0 Å². The molecule has 0 atom stereocenters. The lowest BCUT2D eigenvalue weighted by molar-refractivity contribution is -0.137. The number of likely N-dealkylation sites (N-methyl/N-ethyl adjacent to an activating group) is 3. The number of carbonyl (C=O) groups is 1. The summed E-state index contributed by atoms with van der Waals surface area (Å²) in [5.74, 6) is -0.673.